The molecule has 0 aromatic carbocycles. The molecule has 5 nitrogen and oxygen atoms in total. The lowest BCUT2D eigenvalue weighted by molar-refractivity contribution is 0.0187. The van der Waals surface area contributed by atoms with Gasteiger partial charge in [-0.1, -0.05) is 13.8 Å². The van der Waals surface area contributed by atoms with Gasteiger partial charge in [0.15, 0.2) is 0 Å². The Morgan fingerprint density at radius 2 is 2.26 bits per heavy atom. The highest BCUT2D eigenvalue weighted by Gasteiger charge is 2.24. The second-order valence-corrected chi connectivity index (χ2v) is 5.81. The zero-order valence-electron chi connectivity index (χ0n) is 12.4. The Kier molecular flexibility index (Phi) is 7.16. The van der Waals surface area contributed by atoms with Crippen molar-refractivity contribution in [2.75, 3.05) is 32.9 Å². The van der Waals surface area contributed by atoms with Crippen LogP contribution in [0.1, 0.15) is 33.6 Å². The smallest absolute Gasteiger partial charge is 0.317 e. The van der Waals surface area contributed by atoms with Crippen molar-refractivity contribution < 1.29 is 14.6 Å². The molecule has 0 saturated carbocycles. The fourth-order valence-electron chi connectivity index (χ4n) is 2.51. The predicted octanol–water partition coefficient (Wildman–Crippen LogP) is 1.46. The van der Waals surface area contributed by atoms with E-state index in [1.165, 1.54) is 0 Å². The molecule has 0 unspecified atom stereocenters. The van der Waals surface area contributed by atoms with E-state index in [2.05, 4.69) is 19.2 Å². The van der Waals surface area contributed by atoms with Crippen LogP contribution in [0.25, 0.3) is 0 Å². The topological polar surface area (TPSA) is 61.8 Å². The van der Waals surface area contributed by atoms with Crippen molar-refractivity contribution in [1.29, 1.82) is 0 Å². The Hall–Kier alpha value is -0.810. The summed E-state index contributed by atoms with van der Waals surface area (Å²) in [6.07, 6.45) is 1.77. The van der Waals surface area contributed by atoms with Gasteiger partial charge in [0.05, 0.1) is 19.3 Å². The van der Waals surface area contributed by atoms with Gasteiger partial charge in [-0.15, -0.1) is 0 Å². The van der Waals surface area contributed by atoms with E-state index in [0.717, 1.165) is 12.8 Å². The molecule has 0 aliphatic carbocycles. The summed E-state index contributed by atoms with van der Waals surface area (Å²) in [5.74, 6) is 0.932. The number of nitrogens with zero attached hydrogens (tertiary/aromatic N) is 1. The van der Waals surface area contributed by atoms with Gasteiger partial charge in [-0.2, -0.15) is 0 Å². The molecule has 112 valence electrons. The third-order valence-electron chi connectivity index (χ3n) is 3.51. The van der Waals surface area contributed by atoms with Crippen LogP contribution >= 0.6 is 0 Å². The number of nitrogens with one attached hydrogen (secondary N) is 1. The molecule has 2 N–H and O–H groups in total. The van der Waals surface area contributed by atoms with Crippen molar-refractivity contribution in [3.63, 3.8) is 0 Å². The molecule has 0 aromatic rings. The van der Waals surface area contributed by atoms with E-state index in [4.69, 9.17) is 9.84 Å². The molecule has 0 radical (unpaired) electrons. The standard InChI is InChI=1S/C14H28N2O3/c1-11(2)8-13(4-6-17)9-15-14(18)16-5-7-19-10-12(16)3/h11-13,17H,4-10H2,1-3H3,(H,15,18)/t12-,13+/m1/s1. The van der Waals surface area contributed by atoms with Gasteiger partial charge in [0.2, 0.25) is 0 Å². The first kappa shape index (κ1) is 16.2. The number of aliphatic hydroxyl groups excluding tert-OH is 1. The number of aliphatic hydroxyl groups is 1. The molecular formula is C14H28N2O3. The Labute approximate surface area is 116 Å². The number of carbonyl (C=O) groups is 1. The highest BCUT2D eigenvalue weighted by molar-refractivity contribution is 5.74. The first-order chi connectivity index (χ1) is 9.04. The highest BCUT2D eigenvalue weighted by atomic mass is 16.5. The minimum atomic E-state index is -0.0116. The predicted molar refractivity (Wildman–Crippen MR) is 75.0 cm³/mol. The molecule has 0 bridgehead atoms. The van der Waals surface area contributed by atoms with Crippen LogP contribution in [0.5, 0.6) is 0 Å². The van der Waals surface area contributed by atoms with E-state index in [9.17, 15) is 4.79 Å². The summed E-state index contributed by atoms with van der Waals surface area (Å²) in [5, 5.41) is 12.1. The quantitative estimate of drug-likeness (QED) is 0.769. The van der Waals surface area contributed by atoms with Gasteiger partial charge in [-0.25, -0.2) is 4.79 Å². The molecule has 1 aliphatic heterocycles. The van der Waals surface area contributed by atoms with Gasteiger partial charge in [0, 0.05) is 19.7 Å². The number of hydrogen-bond donors (Lipinski definition) is 2. The van der Waals surface area contributed by atoms with E-state index in [1.807, 2.05) is 11.8 Å². The summed E-state index contributed by atoms with van der Waals surface area (Å²) < 4.78 is 5.32. The summed E-state index contributed by atoms with van der Waals surface area (Å²) >= 11 is 0. The zero-order valence-corrected chi connectivity index (χ0v) is 12.4. The normalized spacial score (nSPS) is 21.5. The number of carbonyl (C=O) groups excluding carboxylic acids is 1. The van der Waals surface area contributed by atoms with E-state index >= 15 is 0 Å². The van der Waals surface area contributed by atoms with Gasteiger partial charge in [0.1, 0.15) is 0 Å². The van der Waals surface area contributed by atoms with Crippen molar-refractivity contribution >= 4 is 6.03 Å². The van der Waals surface area contributed by atoms with Crippen molar-refractivity contribution in [2.24, 2.45) is 11.8 Å². The van der Waals surface area contributed by atoms with E-state index < -0.39 is 0 Å². The molecule has 2 atom stereocenters. The SMILES string of the molecule is CC(C)C[C@H](CCO)CNC(=O)N1CCOC[C@H]1C. The molecule has 1 aliphatic rings. The van der Waals surface area contributed by atoms with Crippen molar-refractivity contribution in [3.05, 3.63) is 0 Å². The van der Waals surface area contributed by atoms with Crippen LogP contribution in [-0.2, 0) is 4.74 Å². The molecular weight excluding hydrogens is 244 g/mol. The maximum atomic E-state index is 12.1. The van der Waals surface area contributed by atoms with Crippen LogP contribution in [0.4, 0.5) is 4.79 Å². The van der Waals surface area contributed by atoms with Crippen LogP contribution in [0.2, 0.25) is 0 Å². The Bertz CT molecular complexity index is 271. The van der Waals surface area contributed by atoms with Crippen molar-refractivity contribution in [2.45, 2.75) is 39.7 Å². The molecule has 19 heavy (non-hydrogen) atoms. The second kappa shape index (κ2) is 8.38. The average molecular weight is 272 g/mol. The Morgan fingerprint density at radius 3 is 2.84 bits per heavy atom. The molecule has 0 aromatic heterocycles. The Balaban J connectivity index is 2.37. The summed E-state index contributed by atoms with van der Waals surface area (Å²) in [4.78, 5) is 13.9. The van der Waals surface area contributed by atoms with Crippen molar-refractivity contribution in [3.8, 4) is 0 Å². The van der Waals surface area contributed by atoms with Crippen LogP contribution in [0.15, 0.2) is 0 Å². The largest absolute Gasteiger partial charge is 0.396 e. The molecule has 2 amide bonds. The Morgan fingerprint density at radius 1 is 1.53 bits per heavy atom. The third-order valence-corrected chi connectivity index (χ3v) is 3.51. The van der Waals surface area contributed by atoms with Crippen LogP contribution < -0.4 is 5.32 Å². The number of rotatable bonds is 6. The van der Waals surface area contributed by atoms with E-state index in [1.54, 1.807) is 0 Å². The number of ether oxygens (including phenoxy) is 1. The van der Waals surface area contributed by atoms with Crippen molar-refractivity contribution in [1.82, 2.24) is 10.2 Å². The molecule has 1 rings (SSSR count). The lowest BCUT2D eigenvalue weighted by Crippen LogP contribution is -2.52. The zero-order chi connectivity index (χ0) is 14.3. The summed E-state index contributed by atoms with van der Waals surface area (Å²) in [6, 6.07) is 0.123. The number of morpholine rings is 1. The van der Waals surface area contributed by atoms with Gasteiger partial charge in [0.25, 0.3) is 0 Å². The van der Waals surface area contributed by atoms with Crippen LogP contribution in [0.3, 0.4) is 0 Å². The fraction of sp³-hybridized carbons (Fsp3) is 0.929. The molecule has 0 spiro atoms. The minimum Gasteiger partial charge on any atom is -0.396 e. The number of hydrogen-bond acceptors (Lipinski definition) is 3. The number of amides is 2. The summed E-state index contributed by atoms with van der Waals surface area (Å²) in [7, 11) is 0. The third kappa shape index (κ3) is 5.78. The van der Waals surface area contributed by atoms with Crippen LogP contribution in [-0.4, -0.2) is 55.0 Å². The minimum absolute atomic E-state index is 0.0116. The van der Waals surface area contributed by atoms with Gasteiger partial charge < -0.3 is 20.1 Å². The monoisotopic (exact) mass is 272 g/mol. The lowest BCUT2D eigenvalue weighted by Gasteiger charge is -2.33. The molecule has 1 fully saturated rings. The fourth-order valence-corrected chi connectivity index (χ4v) is 2.51. The summed E-state index contributed by atoms with van der Waals surface area (Å²) in [6.45, 7) is 9.03. The van der Waals surface area contributed by atoms with E-state index in [-0.39, 0.29) is 18.7 Å². The molecule has 5 heteroatoms. The lowest BCUT2D eigenvalue weighted by atomic mass is 9.94. The van der Waals surface area contributed by atoms with Gasteiger partial charge in [-0.3, -0.25) is 0 Å². The average Bonchev–Trinajstić information content (AvgIpc) is 2.36. The maximum absolute atomic E-state index is 12.1. The molecule has 1 heterocycles. The van der Waals surface area contributed by atoms with Gasteiger partial charge >= 0.3 is 6.03 Å². The number of urea groups is 1. The maximum Gasteiger partial charge on any atom is 0.317 e. The second-order valence-electron chi connectivity index (χ2n) is 5.81. The first-order valence-electron chi connectivity index (χ1n) is 7.27. The highest BCUT2D eigenvalue weighted by Crippen LogP contribution is 2.14. The first-order valence-corrected chi connectivity index (χ1v) is 7.27. The summed E-state index contributed by atoms with van der Waals surface area (Å²) in [5.41, 5.74) is 0. The van der Waals surface area contributed by atoms with Crippen LogP contribution in [0, 0.1) is 11.8 Å². The van der Waals surface area contributed by atoms with E-state index in [0.29, 0.717) is 38.1 Å². The van der Waals surface area contributed by atoms with Gasteiger partial charge in [-0.05, 0) is 31.6 Å². The molecule has 1 saturated heterocycles.